The number of hydrogen-bond donors (Lipinski definition) is 1. The molecule has 2 rings (SSSR count). The topological polar surface area (TPSA) is 12.0 Å². The highest BCUT2D eigenvalue weighted by atomic mass is 35.5. The third kappa shape index (κ3) is 5.69. The molecule has 1 N–H and O–H groups in total. The van der Waals surface area contributed by atoms with Gasteiger partial charge in [0.05, 0.1) is 0 Å². The van der Waals surface area contributed by atoms with Gasteiger partial charge in [-0.05, 0) is 23.3 Å². The molecule has 0 aliphatic heterocycles. The highest BCUT2D eigenvalue weighted by Crippen LogP contribution is 2.02. The van der Waals surface area contributed by atoms with Crippen LogP contribution in [0.15, 0.2) is 60.7 Å². The Morgan fingerprint density at radius 1 is 0.947 bits per heavy atom. The van der Waals surface area contributed by atoms with Crippen LogP contribution in [-0.2, 0) is 6.54 Å². The van der Waals surface area contributed by atoms with Crippen molar-refractivity contribution in [2.24, 2.45) is 0 Å². The lowest BCUT2D eigenvalue weighted by atomic mass is 10.2. The minimum Gasteiger partial charge on any atom is -0.309 e. The van der Waals surface area contributed by atoms with E-state index in [1.807, 2.05) is 18.2 Å². The Kier molecular flexibility index (Phi) is 6.86. The minimum absolute atomic E-state index is 0. The minimum atomic E-state index is -0.192. The molecule has 1 nitrogen and oxygen atoms in total. The first-order valence-corrected chi connectivity index (χ1v) is 6.01. The Morgan fingerprint density at radius 2 is 1.63 bits per heavy atom. The maximum atomic E-state index is 12.7. The van der Waals surface area contributed by atoms with Crippen LogP contribution in [0, 0.1) is 5.82 Å². The summed E-state index contributed by atoms with van der Waals surface area (Å²) in [5.41, 5.74) is 2.28. The van der Waals surface area contributed by atoms with Gasteiger partial charge in [0.2, 0.25) is 0 Å². The second-order valence-electron chi connectivity index (χ2n) is 4.07. The Labute approximate surface area is 119 Å². The number of rotatable bonds is 5. The van der Waals surface area contributed by atoms with Gasteiger partial charge in [-0.2, -0.15) is 0 Å². The largest absolute Gasteiger partial charge is 0.309 e. The molecule has 0 unspecified atom stereocenters. The summed E-state index contributed by atoms with van der Waals surface area (Å²) >= 11 is 0. The molecule has 0 aliphatic carbocycles. The van der Waals surface area contributed by atoms with E-state index in [0.717, 1.165) is 18.7 Å². The highest BCUT2D eigenvalue weighted by molar-refractivity contribution is 5.85. The lowest BCUT2D eigenvalue weighted by Gasteiger charge is -2.01. The monoisotopic (exact) mass is 277 g/mol. The first kappa shape index (κ1) is 15.4. The molecule has 19 heavy (non-hydrogen) atoms. The summed E-state index contributed by atoms with van der Waals surface area (Å²) in [5.74, 6) is -0.192. The van der Waals surface area contributed by atoms with Crippen molar-refractivity contribution in [1.82, 2.24) is 5.32 Å². The third-order valence-electron chi connectivity index (χ3n) is 2.61. The van der Waals surface area contributed by atoms with Gasteiger partial charge in [0.15, 0.2) is 0 Å². The zero-order chi connectivity index (χ0) is 12.6. The van der Waals surface area contributed by atoms with Crippen LogP contribution in [0.3, 0.4) is 0 Å². The van der Waals surface area contributed by atoms with Gasteiger partial charge in [0.1, 0.15) is 5.82 Å². The molecule has 0 saturated heterocycles. The number of halogens is 2. The molecule has 0 saturated carbocycles. The molecule has 0 amide bonds. The fraction of sp³-hybridized carbons (Fsp3) is 0.125. The van der Waals surface area contributed by atoms with Gasteiger partial charge in [-0.25, -0.2) is 4.39 Å². The van der Waals surface area contributed by atoms with Crippen molar-refractivity contribution in [2.45, 2.75) is 6.54 Å². The van der Waals surface area contributed by atoms with Crippen LogP contribution in [0.5, 0.6) is 0 Å². The standard InChI is InChI=1S/C16H16FN.ClH/c17-16-10-8-15(9-11-16)13-18-12-4-7-14-5-2-1-3-6-14;/h1-11,18H,12-13H2;1H/b7-4+;. The summed E-state index contributed by atoms with van der Waals surface area (Å²) < 4.78 is 12.7. The summed E-state index contributed by atoms with van der Waals surface area (Å²) in [6, 6.07) is 16.7. The Bertz CT molecular complexity index is 494. The van der Waals surface area contributed by atoms with Gasteiger partial charge < -0.3 is 5.32 Å². The fourth-order valence-electron chi connectivity index (χ4n) is 1.66. The normalized spacial score (nSPS) is 10.4. The number of nitrogens with one attached hydrogen (secondary N) is 1. The van der Waals surface area contributed by atoms with E-state index in [0.29, 0.717) is 0 Å². The molecule has 0 spiro atoms. The van der Waals surface area contributed by atoms with E-state index in [9.17, 15) is 4.39 Å². The van der Waals surface area contributed by atoms with Crippen LogP contribution in [0.2, 0.25) is 0 Å². The van der Waals surface area contributed by atoms with Crippen molar-refractivity contribution in [1.29, 1.82) is 0 Å². The lowest BCUT2D eigenvalue weighted by Crippen LogP contribution is -2.12. The molecule has 0 aromatic heterocycles. The predicted molar refractivity (Wildman–Crippen MR) is 80.8 cm³/mol. The maximum Gasteiger partial charge on any atom is 0.123 e. The molecule has 100 valence electrons. The predicted octanol–water partition coefficient (Wildman–Crippen LogP) is 4.05. The molecule has 2 aromatic carbocycles. The van der Waals surface area contributed by atoms with Gasteiger partial charge in [-0.3, -0.25) is 0 Å². The Morgan fingerprint density at radius 3 is 2.32 bits per heavy atom. The molecular formula is C16H17ClFN. The molecular weight excluding hydrogens is 261 g/mol. The molecule has 0 heterocycles. The van der Waals surface area contributed by atoms with E-state index in [4.69, 9.17) is 0 Å². The Balaban J connectivity index is 0.00000180. The van der Waals surface area contributed by atoms with Crippen molar-refractivity contribution < 1.29 is 4.39 Å². The average Bonchev–Trinajstić information content (AvgIpc) is 2.42. The fourth-order valence-corrected chi connectivity index (χ4v) is 1.66. The molecule has 0 radical (unpaired) electrons. The first-order valence-electron chi connectivity index (χ1n) is 6.01. The SMILES string of the molecule is Cl.Fc1ccc(CNC/C=C/c2ccccc2)cc1. The zero-order valence-electron chi connectivity index (χ0n) is 10.6. The second kappa shape index (κ2) is 8.46. The van der Waals surface area contributed by atoms with Crippen molar-refractivity contribution in [3.63, 3.8) is 0 Å². The molecule has 2 aromatic rings. The molecule has 0 atom stereocenters. The molecule has 3 heteroatoms. The van der Waals surface area contributed by atoms with Crippen molar-refractivity contribution in [2.75, 3.05) is 6.54 Å². The van der Waals surface area contributed by atoms with Crippen molar-refractivity contribution >= 4 is 18.5 Å². The van der Waals surface area contributed by atoms with Gasteiger partial charge in [-0.1, -0.05) is 54.6 Å². The molecule has 0 fully saturated rings. The highest BCUT2D eigenvalue weighted by Gasteiger charge is 1.92. The van der Waals surface area contributed by atoms with Crippen LogP contribution in [0.4, 0.5) is 4.39 Å². The number of benzene rings is 2. The maximum absolute atomic E-state index is 12.7. The summed E-state index contributed by atoms with van der Waals surface area (Å²) in [4.78, 5) is 0. The summed E-state index contributed by atoms with van der Waals surface area (Å²) in [5, 5.41) is 3.28. The number of hydrogen-bond acceptors (Lipinski definition) is 1. The van der Waals surface area contributed by atoms with Gasteiger partial charge in [-0.15, -0.1) is 12.4 Å². The second-order valence-corrected chi connectivity index (χ2v) is 4.07. The molecule has 0 bridgehead atoms. The van der Waals surface area contributed by atoms with Crippen LogP contribution in [0.25, 0.3) is 6.08 Å². The Hall–Kier alpha value is -1.64. The smallest absolute Gasteiger partial charge is 0.123 e. The van der Waals surface area contributed by atoms with E-state index in [2.05, 4.69) is 29.6 Å². The van der Waals surface area contributed by atoms with E-state index in [1.54, 1.807) is 12.1 Å². The molecule has 0 aliphatic rings. The van der Waals surface area contributed by atoms with Crippen LogP contribution in [0.1, 0.15) is 11.1 Å². The summed E-state index contributed by atoms with van der Waals surface area (Å²) in [6.45, 7) is 1.55. The van der Waals surface area contributed by atoms with Crippen LogP contribution >= 0.6 is 12.4 Å². The quantitative estimate of drug-likeness (QED) is 0.813. The van der Waals surface area contributed by atoms with E-state index in [-0.39, 0.29) is 18.2 Å². The zero-order valence-corrected chi connectivity index (χ0v) is 11.4. The van der Waals surface area contributed by atoms with Crippen LogP contribution < -0.4 is 5.32 Å². The summed E-state index contributed by atoms with van der Waals surface area (Å²) in [6.07, 6.45) is 4.16. The van der Waals surface area contributed by atoms with Crippen molar-refractivity contribution in [3.8, 4) is 0 Å². The average molecular weight is 278 g/mol. The van der Waals surface area contributed by atoms with Crippen molar-refractivity contribution in [3.05, 3.63) is 77.6 Å². The van der Waals surface area contributed by atoms with E-state index in [1.165, 1.54) is 17.7 Å². The third-order valence-corrected chi connectivity index (χ3v) is 2.61. The summed E-state index contributed by atoms with van der Waals surface area (Å²) in [7, 11) is 0. The lowest BCUT2D eigenvalue weighted by molar-refractivity contribution is 0.626. The first-order chi connectivity index (χ1) is 8.84. The van der Waals surface area contributed by atoms with Gasteiger partial charge in [0, 0.05) is 13.1 Å². The van der Waals surface area contributed by atoms with E-state index >= 15 is 0 Å². The van der Waals surface area contributed by atoms with Crippen LogP contribution in [-0.4, -0.2) is 6.54 Å². The van der Waals surface area contributed by atoms with Gasteiger partial charge in [0.25, 0.3) is 0 Å². The van der Waals surface area contributed by atoms with E-state index < -0.39 is 0 Å². The van der Waals surface area contributed by atoms with Gasteiger partial charge >= 0.3 is 0 Å².